The summed E-state index contributed by atoms with van der Waals surface area (Å²) in [4.78, 5) is 11.2. The van der Waals surface area contributed by atoms with Crippen LogP contribution in [-0.4, -0.2) is 13.1 Å². The van der Waals surface area contributed by atoms with Crippen molar-refractivity contribution in [2.45, 2.75) is 0 Å². The van der Waals surface area contributed by atoms with E-state index in [-0.39, 0.29) is 16.9 Å². The zero-order valence-corrected chi connectivity index (χ0v) is 7.20. The number of carbonyl (C=O) groups is 1. The molecule has 0 atom stereocenters. The SMILES string of the molecule is COC(=O)c1c(N)ccc(N)c1N. The van der Waals surface area contributed by atoms with Crippen LogP contribution in [0.4, 0.5) is 17.1 Å². The van der Waals surface area contributed by atoms with Gasteiger partial charge in [0.15, 0.2) is 0 Å². The molecule has 0 aromatic heterocycles. The third-order valence-electron chi connectivity index (χ3n) is 1.70. The maximum Gasteiger partial charge on any atom is 0.342 e. The average molecular weight is 181 g/mol. The largest absolute Gasteiger partial charge is 0.465 e. The van der Waals surface area contributed by atoms with Gasteiger partial charge < -0.3 is 21.9 Å². The fourth-order valence-electron chi connectivity index (χ4n) is 0.982. The molecule has 0 saturated heterocycles. The zero-order valence-electron chi connectivity index (χ0n) is 7.20. The summed E-state index contributed by atoms with van der Waals surface area (Å²) in [5.41, 5.74) is 17.4. The molecular weight excluding hydrogens is 170 g/mol. The topological polar surface area (TPSA) is 104 Å². The van der Waals surface area contributed by atoms with Gasteiger partial charge in [-0.25, -0.2) is 4.79 Å². The van der Waals surface area contributed by atoms with Crippen LogP contribution in [0.5, 0.6) is 0 Å². The molecule has 0 bridgehead atoms. The Kier molecular flexibility index (Phi) is 2.27. The smallest absolute Gasteiger partial charge is 0.342 e. The van der Waals surface area contributed by atoms with Gasteiger partial charge in [0.05, 0.1) is 18.5 Å². The summed E-state index contributed by atoms with van der Waals surface area (Å²) in [6, 6.07) is 3.05. The summed E-state index contributed by atoms with van der Waals surface area (Å²) in [7, 11) is 1.25. The van der Waals surface area contributed by atoms with Gasteiger partial charge in [0.25, 0.3) is 0 Å². The van der Waals surface area contributed by atoms with Gasteiger partial charge in [-0.05, 0) is 12.1 Å². The molecule has 1 rings (SSSR count). The van der Waals surface area contributed by atoms with Crippen LogP contribution < -0.4 is 17.2 Å². The van der Waals surface area contributed by atoms with Crippen molar-refractivity contribution in [3.05, 3.63) is 17.7 Å². The number of nitrogen functional groups attached to an aromatic ring is 3. The van der Waals surface area contributed by atoms with E-state index < -0.39 is 5.97 Å². The van der Waals surface area contributed by atoms with Gasteiger partial charge in [0.2, 0.25) is 0 Å². The second-order valence-electron chi connectivity index (χ2n) is 2.52. The lowest BCUT2D eigenvalue weighted by atomic mass is 10.1. The van der Waals surface area contributed by atoms with Crippen LogP contribution in [0.15, 0.2) is 12.1 Å². The number of methoxy groups -OCH3 is 1. The normalized spacial score (nSPS) is 9.62. The van der Waals surface area contributed by atoms with Crippen LogP contribution in [0.2, 0.25) is 0 Å². The van der Waals surface area contributed by atoms with Crippen molar-refractivity contribution < 1.29 is 9.53 Å². The highest BCUT2D eigenvalue weighted by Crippen LogP contribution is 2.25. The van der Waals surface area contributed by atoms with E-state index in [1.54, 1.807) is 0 Å². The first-order chi connectivity index (χ1) is 6.07. The van der Waals surface area contributed by atoms with Crippen molar-refractivity contribution in [3.63, 3.8) is 0 Å². The van der Waals surface area contributed by atoms with E-state index in [1.165, 1.54) is 19.2 Å². The summed E-state index contributed by atoms with van der Waals surface area (Å²) >= 11 is 0. The Morgan fingerprint density at radius 1 is 1.23 bits per heavy atom. The van der Waals surface area contributed by atoms with Gasteiger partial charge in [-0.3, -0.25) is 0 Å². The van der Waals surface area contributed by atoms with Crippen molar-refractivity contribution in [1.82, 2.24) is 0 Å². The fraction of sp³-hybridized carbons (Fsp3) is 0.125. The fourth-order valence-corrected chi connectivity index (χ4v) is 0.982. The molecular formula is C8H11N3O2. The van der Waals surface area contributed by atoms with E-state index in [0.29, 0.717) is 5.69 Å². The Morgan fingerprint density at radius 3 is 2.31 bits per heavy atom. The molecule has 70 valence electrons. The molecule has 5 heteroatoms. The van der Waals surface area contributed by atoms with Crippen molar-refractivity contribution >= 4 is 23.0 Å². The first-order valence-electron chi connectivity index (χ1n) is 3.59. The van der Waals surface area contributed by atoms with Gasteiger partial charge in [-0.15, -0.1) is 0 Å². The van der Waals surface area contributed by atoms with E-state index in [2.05, 4.69) is 4.74 Å². The van der Waals surface area contributed by atoms with E-state index in [0.717, 1.165) is 0 Å². The van der Waals surface area contributed by atoms with E-state index in [1.807, 2.05) is 0 Å². The van der Waals surface area contributed by atoms with Gasteiger partial charge in [-0.2, -0.15) is 0 Å². The molecule has 0 fully saturated rings. The number of esters is 1. The lowest BCUT2D eigenvalue weighted by Crippen LogP contribution is -2.11. The molecule has 13 heavy (non-hydrogen) atoms. The van der Waals surface area contributed by atoms with Crippen molar-refractivity contribution in [3.8, 4) is 0 Å². The Morgan fingerprint density at radius 2 is 1.77 bits per heavy atom. The Balaban J connectivity index is 3.33. The molecule has 0 saturated carbocycles. The minimum atomic E-state index is -0.581. The van der Waals surface area contributed by atoms with Gasteiger partial charge in [0, 0.05) is 5.69 Å². The predicted octanol–water partition coefficient (Wildman–Crippen LogP) is 0.220. The first kappa shape index (κ1) is 9.18. The van der Waals surface area contributed by atoms with E-state index >= 15 is 0 Å². The van der Waals surface area contributed by atoms with Crippen LogP contribution in [0.25, 0.3) is 0 Å². The molecule has 5 nitrogen and oxygen atoms in total. The van der Waals surface area contributed by atoms with Gasteiger partial charge in [-0.1, -0.05) is 0 Å². The maximum atomic E-state index is 11.2. The summed E-state index contributed by atoms with van der Waals surface area (Å²) in [5, 5.41) is 0. The highest BCUT2D eigenvalue weighted by molar-refractivity contribution is 6.03. The maximum absolute atomic E-state index is 11.2. The summed E-state index contributed by atoms with van der Waals surface area (Å²) in [6.07, 6.45) is 0. The van der Waals surface area contributed by atoms with E-state index in [9.17, 15) is 4.79 Å². The molecule has 0 aliphatic rings. The third kappa shape index (κ3) is 1.48. The van der Waals surface area contributed by atoms with Crippen LogP contribution in [0.3, 0.4) is 0 Å². The summed E-state index contributed by atoms with van der Waals surface area (Å²) in [5.74, 6) is -0.581. The minimum absolute atomic E-state index is 0.127. The predicted molar refractivity (Wildman–Crippen MR) is 51.0 cm³/mol. The zero-order chi connectivity index (χ0) is 10.0. The summed E-state index contributed by atoms with van der Waals surface area (Å²) < 4.78 is 4.50. The molecule has 0 amide bonds. The van der Waals surface area contributed by atoms with Crippen molar-refractivity contribution in [2.24, 2.45) is 0 Å². The molecule has 0 unspecified atom stereocenters. The highest BCUT2D eigenvalue weighted by atomic mass is 16.5. The van der Waals surface area contributed by atoms with Gasteiger partial charge >= 0.3 is 5.97 Å². The number of benzene rings is 1. The molecule has 0 spiro atoms. The number of anilines is 3. The van der Waals surface area contributed by atoms with Gasteiger partial charge in [0.1, 0.15) is 5.56 Å². The standard InChI is InChI=1S/C8H11N3O2/c1-13-8(12)6-4(9)2-3-5(10)7(6)11/h2-3H,9-11H2,1H3. The first-order valence-corrected chi connectivity index (χ1v) is 3.59. The highest BCUT2D eigenvalue weighted by Gasteiger charge is 2.15. The number of carbonyl (C=O) groups excluding carboxylic acids is 1. The molecule has 0 aliphatic heterocycles. The van der Waals surface area contributed by atoms with Crippen molar-refractivity contribution in [1.29, 1.82) is 0 Å². The number of nitrogens with two attached hydrogens (primary N) is 3. The lowest BCUT2D eigenvalue weighted by Gasteiger charge is -2.08. The number of ether oxygens (including phenoxy) is 1. The quantitative estimate of drug-likeness (QED) is 0.424. The number of hydrogen-bond acceptors (Lipinski definition) is 5. The molecule has 1 aromatic carbocycles. The van der Waals surface area contributed by atoms with E-state index in [4.69, 9.17) is 17.2 Å². The number of hydrogen-bond donors (Lipinski definition) is 3. The Bertz CT molecular complexity index is 349. The van der Waals surface area contributed by atoms with Crippen LogP contribution >= 0.6 is 0 Å². The average Bonchev–Trinajstić information content (AvgIpc) is 2.12. The molecule has 1 aromatic rings. The number of rotatable bonds is 1. The minimum Gasteiger partial charge on any atom is -0.465 e. The lowest BCUT2D eigenvalue weighted by molar-refractivity contribution is 0.0603. The van der Waals surface area contributed by atoms with Crippen LogP contribution in [0, 0.1) is 0 Å². The van der Waals surface area contributed by atoms with Crippen molar-refractivity contribution in [2.75, 3.05) is 24.3 Å². The summed E-state index contributed by atoms with van der Waals surface area (Å²) in [6.45, 7) is 0. The molecule has 0 heterocycles. The third-order valence-corrected chi connectivity index (χ3v) is 1.70. The van der Waals surface area contributed by atoms with Crippen LogP contribution in [-0.2, 0) is 4.74 Å². The monoisotopic (exact) mass is 181 g/mol. The molecule has 6 N–H and O–H groups in total. The Labute approximate surface area is 75.5 Å². The Hall–Kier alpha value is -1.91. The molecule has 0 aliphatic carbocycles. The van der Waals surface area contributed by atoms with Crippen LogP contribution in [0.1, 0.15) is 10.4 Å². The second kappa shape index (κ2) is 3.22. The second-order valence-corrected chi connectivity index (χ2v) is 2.52. The molecule has 0 radical (unpaired) electrons.